The largest absolute Gasteiger partial charge is 0.477 e. The van der Waals surface area contributed by atoms with Gasteiger partial charge in [0.25, 0.3) is 0 Å². The molecular weight excluding hydrogens is 162 g/mol. The van der Waals surface area contributed by atoms with E-state index >= 15 is 0 Å². The van der Waals surface area contributed by atoms with Crippen LogP contribution in [0.2, 0.25) is 0 Å². The van der Waals surface area contributed by atoms with Crippen LogP contribution in [-0.2, 0) is 4.74 Å². The van der Waals surface area contributed by atoms with Crippen LogP contribution >= 0.6 is 0 Å². The number of hydrogen-bond acceptors (Lipinski definition) is 2. The van der Waals surface area contributed by atoms with Crippen molar-refractivity contribution in [2.75, 3.05) is 0 Å². The van der Waals surface area contributed by atoms with Crippen molar-refractivity contribution in [2.24, 2.45) is 10.4 Å². The Bertz CT molecular complexity index is 228. The molecule has 3 rings (SSSR count). The summed E-state index contributed by atoms with van der Waals surface area (Å²) in [5.41, 5.74) is 0.539. The van der Waals surface area contributed by atoms with Crippen molar-refractivity contribution in [2.45, 2.75) is 57.1 Å². The molecule has 2 nitrogen and oxygen atoms in total. The van der Waals surface area contributed by atoms with E-state index in [0.717, 1.165) is 0 Å². The first kappa shape index (κ1) is 7.84. The summed E-state index contributed by atoms with van der Waals surface area (Å²) >= 11 is 0. The lowest BCUT2D eigenvalue weighted by atomic mass is 9.59. The van der Waals surface area contributed by atoms with Crippen molar-refractivity contribution in [1.82, 2.24) is 0 Å². The first-order valence-corrected chi connectivity index (χ1v) is 5.58. The Kier molecular flexibility index (Phi) is 1.64. The first-order valence-electron chi connectivity index (χ1n) is 5.58. The van der Waals surface area contributed by atoms with Crippen LogP contribution in [0.5, 0.6) is 0 Å². The molecule has 0 amide bonds. The molecule has 72 valence electrons. The van der Waals surface area contributed by atoms with E-state index in [0.29, 0.717) is 17.6 Å². The summed E-state index contributed by atoms with van der Waals surface area (Å²) in [4.78, 5) is 4.34. The zero-order valence-electron chi connectivity index (χ0n) is 8.04. The van der Waals surface area contributed by atoms with E-state index in [1.165, 1.54) is 44.9 Å². The van der Waals surface area contributed by atoms with Gasteiger partial charge in [-0.1, -0.05) is 25.7 Å². The normalized spacial score (nSPS) is 40.6. The summed E-state index contributed by atoms with van der Waals surface area (Å²) in [6.07, 6.45) is 11.9. The monoisotopic (exact) mass is 179 g/mol. The van der Waals surface area contributed by atoms with Crippen molar-refractivity contribution in [3.8, 4) is 0 Å². The zero-order valence-corrected chi connectivity index (χ0v) is 8.04. The number of nitrogens with zero attached hydrogens (tertiary/aromatic N) is 1. The Morgan fingerprint density at radius 3 is 2.62 bits per heavy atom. The van der Waals surface area contributed by atoms with Gasteiger partial charge in [0.1, 0.15) is 6.10 Å². The molecule has 2 fully saturated rings. The van der Waals surface area contributed by atoms with Gasteiger partial charge in [0.15, 0.2) is 6.40 Å². The summed E-state index contributed by atoms with van der Waals surface area (Å²) in [5, 5.41) is 0. The average molecular weight is 179 g/mol. The molecule has 0 radical (unpaired) electrons. The van der Waals surface area contributed by atoms with E-state index < -0.39 is 0 Å². The van der Waals surface area contributed by atoms with Gasteiger partial charge < -0.3 is 4.74 Å². The maximum absolute atomic E-state index is 5.61. The molecule has 1 heterocycles. The van der Waals surface area contributed by atoms with Crippen molar-refractivity contribution in [3.63, 3.8) is 0 Å². The first-order chi connectivity index (χ1) is 6.41. The van der Waals surface area contributed by atoms with Crippen LogP contribution in [0.1, 0.15) is 44.9 Å². The third-order valence-corrected chi connectivity index (χ3v) is 4.13. The third-order valence-electron chi connectivity index (χ3n) is 4.13. The smallest absolute Gasteiger partial charge is 0.170 e. The molecule has 3 aliphatic rings. The molecule has 1 unspecified atom stereocenters. The van der Waals surface area contributed by atoms with E-state index in [1.807, 2.05) is 0 Å². The van der Waals surface area contributed by atoms with Crippen molar-refractivity contribution >= 4 is 6.40 Å². The highest BCUT2D eigenvalue weighted by Crippen LogP contribution is 2.54. The average Bonchev–Trinajstić information content (AvgIpc) is 2.39. The molecule has 2 aliphatic carbocycles. The van der Waals surface area contributed by atoms with Crippen molar-refractivity contribution < 1.29 is 4.74 Å². The molecule has 2 saturated carbocycles. The van der Waals surface area contributed by atoms with Crippen LogP contribution in [0.4, 0.5) is 0 Å². The Balaban J connectivity index is 1.75. The highest BCUT2D eigenvalue weighted by molar-refractivity contribution is 5.51. The molecule has 1 spiro atoms. The van der Waals surface area contributed by atoms with Gasteiger partial charge in [-0.05, 0) is 19.3 Å². The molecule has 0 aromatic rings. The molecule has 13 heavy (non-hydrogen) atoms. The van der Waals surface area contributed by atoms with Crippen LogP contribution in [0.25, 0.3) is 0 Å². The SMILES string of the molecule is C1=N[C@@H]2CC3(CCCCCC3)C2O1. The van der Waals surface area contributed by atoms with Gasteiger partial charge in [-0.15, -0.1) is 0 Å². The molecule has 0 saturated heterocycles. The topological polar surface area (TPSA) is 21.6 Å². The minimum atomic E-state index is 0.464. The fourth-order valence-electron chi connectivity index (χ4n) is 3.35. The molecule has 0 aromatic carbocycles. The third kappa shape index (κ3) is 1.04. The Morgan fingerprint density at radius 2 is 1.92 bits per heavy atom. The molecule has 2 heteroatoms. The van der Waals surface area contributed by atoms with Gasteiger partial charge in [0.05, 0.1) is 6.04 Å². The predicted molar refractivity (Wildman–Crippen MR) is 51.9 cm³/mol. The van der Waals surface area contributed by atoms with E-state index in [1.54, 1.807) is 6.40 Å². The van der Waals surface area contributed by atoms with Gasteiger partial charge in [-0.25, -0.2) is 0 Å². The second-order valence-electron chi connectivity index (χ2n) is 4.86. The number of ether oxygens (including phenoxy) is 1. The Morgan fingerprint density at radius 1 is 1.15 bits per heavy atom. The number of rotatable bonds is 0. The van der Waals surface area contributed by atoms with Crippen LogP contribution in [0.15, 0.2) is 4.99 Å². The van der Waals surface area contributed by atoms with Gasteiger partial charge in [-0.3, -0.25) is 4.99 Å². The van der Waals surface area contributed by atoms with Gasteiger partial charge >= 0.3 is 0 Å². The number of fused-ring (bicyclic) bond motifs is 2. The molecular formula is C11H17NO. The summed E-state index contributed by atoms with van der Waals surface area (Å²) in [7, 11) is 0. The van der Waals surface area contributed by atoms with Gasteiger partial charge in [0, 0.05) is 5.41 Å². The van der Waals surface area contributed by atoms with E-state index in [-0.39, 0.29) is 0 Å². The van der Waals surface area contributed by atoms with E-state index in [9.17, 15) is 0 Å². The molecule has 1 aliphatic heterocycles. The molecule has 0 bridgehead atoms. The summed E-state index contributed by atoms with van der Waals surface area (Å²) in [6, 6.07) is 0.526. The predicted octanol–water partition coefficient (Wildman–Crippen LogP) is 2.53. The lowest BCUT2D eigenvalue weighted by molar-refractivity contribution is -0.0612. The second kappa shape index (κ2) is 2.73. The van der Waals surface area contributed by atoms with E-state index in [4.69, 9.17) is 4.74 Å². The van der Waals surface area contributed by atoms with Gasteiger partial charge in [0.2, 0.25) is 0 Å². The minimum Gasteiger partial charge on any atom is -0.477 e. The maximum atomic E-state index is 5.61. The number of hydrogen-bond donors (Lipinski definition) is 0. The molecule has 0 N–H and O–H groups in total. The standard InChI is InChI=1S/C11H17NO/c1-2-4-6-11(5-3-1)7-9-10(11)13-8-12-9/h8-10H,1-7H2/t9-,10?/m1/s1. The summed E-state index contributed by atoms with van der Waals surface area (Å²) < 4.78 is 5.61. The summed E-state index contributed by atoms with van der Waals surface area (Å²) in [5.74, 6) is 0. The fraction of sp³-hybridized carbons (Fsp3) is 0.909. The zero-order chi connectivity index (χ0) is 8.73. The Hall–Kier alpha value is -0.530. The highest BCUT2D eigenvalue weighted by Gasteiger charge is 2.56. The van der Waals surface area contributed by atoms with Crippen molar-refractivity contribution in [3.05, 3.63) is 0 Å². The molecule has 2 atom stereocenters. The molecule has 0 aromatic heterocycles. The summed E-state index contributed by atoms with van der Waals surface area (Å²) in [6.45, 7) is 0. The van der Waals surface area contributed by atoms with Crippen LogP contribution in [-0.4, -0.2) is 18.5 Å². The van der Waals surface area contributed by atoms with Crippen LogP contribution in [0.3, 0.4) is 0 Å². The van der Waals surface area contributed by atoms with E-state index in [2.05, 4.69) is 4.99 Å². The second-order valence-corrected chi connectivity index (χ2v) is 4.86. The van der Waals surface area contributed by atoms with Gasteiger partial charge in [-0.2, -0.15) is 0 Å². The Labute approximate surface area is 79.4 Å². The highest BCUT2D eigenvalue weighted by atomic mass is 16.5. The minimum absolute atomic E-state index is 0.464. The van der Waals surface area contributed by atoms with Crippen LogP contribution < -0.4 is 0 Å². The quantitative estimate of drug-likeness (QED) is 0.560. The lowest BCUT2D eigenvalue weighted by Gasteiger charge is -2.49. The van der Waals surface area contributed by atoms with Crippen molar-refractivity contribution in [1.29, 1.82) is 0 Å². The number of aliphatic imine (C=N–C) groups is 1. The van der Waals surface area contributed by atoms with Crippen LogP contribution in [0, 0.1) is 5.41 Å². The fourth-order valence-corrected chi connectivity index (χ4v) is 3.35. The lowest BCUT2D eigenvalue weighted by Crippen LogP contribution is -2.53. The maximum Gasteiger partial charge on any atom is 0.170 e.